The molecule has 5 heterocycles. The van der Waals surface area contributed by atoms with Gasteiger partial charge in [0, 0.05) is 37.4 Å². The topological polar surface area (TPSA) is 94.8 Å². The number of phenols is 1. The minimum atomic E-state index is -0.866. The van der Waals surface area contributed by atoms with E-state index < -0.39 is 17.6 Å². The van der Waals surface area contributed by atoms with E-state index in [4.69, 9.17) is 4.74 Å². The summed E-state index contributed by atoms with van der Waals surface area (Å²) in [6, 6.07) is 4.04. The average Bonchev–Trinajstić information content (AvgIpc) is 3.57. The van der Waals surface area contributed by atoms with Crippen LogP contribution in [0.1, 0.15) is 75.3 Å². The molecule has 10 heteroatoms. The average molecular weight is 608 g/mol. The number of alkyl halides is 1. The molecule has 3 fully saturated rings. The molecule has 4 atom stereocenters. The molecule has 0 saturated carbocycles. The van der Waals surface area contributed by atoms with E-state index in [2.05, 4.69) is 26.4 Å². The quantitative estimate of drug-likeness (QED) is 0.337. The van der Waals surface area contributed by atoms with Gasteiger partial charge in [0.1, 0.15) is 28.9 Å². The van der Waals surface area contributed by atoms with E-state index in [0.29, 0.717) is 48.9 Å². The molecule has 0 spiro atoms. The molecular weight excluding hydrogens is 564 g/mol. The largest absolute Gasteiger partial charge is 0.508 e. The number of phenolic OH excluding ortho intramolecular Hbond substituents is 1. The lowest BCUT2D eigenvalue weighted by Gasteiger charge is -2.37. The van der Waals surface area contributed by atoms with Gasteiger partial charge in [-0.25, -0.2) is 8.78 Å². The Hall–Kier alpha value is -3.37. The third-order valence-corrected chi connectivity index (χ3v) is 9.62. The fourth-order valence-corrected chi connectivity index (χ4v) is 7.67. The van der Waals surface area contributed by atoms with Crippen LogP contribution in [0, 0.1) is 5.82 Å². The summed E-state index contributed by atoms with van der Waals surface area (Å²) in [6.45, 7) is 8.60. The molecule has 236 valence electrons. The number of fused-ring (bicyclic) bond motifs is 3. The number of aromatic hydroxyl groups is 1. The molecule has 3 aliphatic heterocycles. The van der Waals surface area contributed by atoms with E-state index in [1.165, 1.54) is 20.0 Å². The Kier molecular flexibility index (Phi) is 8.75. The molecule has 8 nitrogen and oxygen atoms in total. The standard InChI is InChI=1S/C27H31FN4O3.C7H12FN/c1-4-7-16-8-5-9-17-12-18(33)13-19(21(16)17)23-22(28)24-20(14-29-23)25(31-26(30-24)35-3)32-11-6-10-27(2,34)15-32;8-6-4-7-2-1-3-9(7)5-6/h4,12-14,16,33-34H,1,5-11,15H2,2-3H3;6-7H,1-5H2. The van der Waals surface area contributed by atoms with Crippen LogP contribution in [-0.4, -0.2) is 81.2 Å². The number of aromatic nitrogens is 3. The number of hydrogen-bond acceptors (Lipinski definition) is 8. The fraction of sp³-hybridized carbons (Fsp3) is 0.559. The Morgan fingerprint density at radius 1 is 1.18 bits per heavy atom. The summed E-state index contributed by atoms with van der Waals surface area (Å²) in [5, 5.41) is 21.5. The van der Waals surface area contributed by atoms with Gasteiger partial charge >= 0.3 is 6.01 Å². The Morgan fingerprint density at radius 2 is 2.02 bits per heavy atom. The number of halogens is 2. The maximum Gasteiger partial charge on any atom is 0.318 e. The van der Waals surface area contributed by atoms with Crippen molar-refractivity contribution < 1.29 is 23.7 Å². The maximum absolute atomic E-state index is 16.2. The molecule has 0 radical (unpaired) electrons. The Labute approximate surface area is 257 Å². The van der Waals surface area contributed by atoms with E-state index in [0.717, 1.165) is 56.2 Å². The lowest BCUT2D eigenvalue weighted by molar-refractivity contribution is 0.0447. The van der Waals surface area contributed by atoms with Crippen molar-refractivity contribution in [3.05, 3.63) is 47.9 Å². The van der Waals surface area contributed by atoms with Crippen LogP contribution in [0.15, 0.2) is 31.0 Å². The number of aryl methyl sites for hydroxylation is 1. The SMILES string of the molecule is C=CCC1CCCc2cc(O)cc(-c3ncc4c(N5CCCC(C)(O)C5)nc(OC)nc4c3F)c21.FC1CC2CCCN2C1. The molecule has 1 aromatic carbocycles. The van der Waals surface area contributed by atoms with Crippen molar-refractivity contribution in [2.75, 3.05) is 38.2 Å². The fourth-order valence-electron chi connectivity index (χ4n) is 7.67. The first-order chi connectivity index (χ1) is 21.2. The third-order valence-electron chi connectivity index (χ3n) is 9.62. The number of allylic oxidation sites excluding steroid dienone is 1. The second-order valence-electron chi connectivity index (χ2n) is 13.0. The molecule has 3 aromatic rings. The Balaban J connectivity index is 0.000000323. The zero-order chi connectivity index (χ0) is 31.0. The molecule has 7 rings (SSSR count). The number of piperidine rings is 1. The Morgan fingerprint density at radius 3 is 2.77 bits per heavy atom. The number of pyridine rings is 1. The molecule has 4 unspecified atom stereocenters. The zero-order valence-corrected chi connectivity index (χ0v) is 25.7. The van der Waals surface area contributed by atoms with Crippen LogP contribution in [0.5, 0.6) is 11.8 Å². The first-order valence-electron chi connectivity index (χ1n) is 15.9. The lowest BCUT2D eigenvalue weighted by Crippen LogP contribution is -2.46. The van der Waals surface area contributed by atoms with Gasteiger partial charge in [-0.15, -0.1) is 6.58 Å². The van der Waals surface area contributed by atoms with E-state index in [9.17, 15) is 14.6 Å². The predicted octanol–water partition coefficient (Wildman–Crippen LogP) is 6.08. The Bertz CT molecular complexity index is 1520. The van der Waals surface area contributed by atoms with Crippen LogP contribution in [0.2, 0.25) is 0 Å². The number of methoxy groups -OCH3 is 1. The first kappa shape index (κ1) is 30.6. The molecule has 3 saturated heterocycles. The summed E-state index contributed by atoms with van der Waals surface area (Å²) in [5.74, 6) is 0.196. The second kappa shape index (κ2) is 12.6. The van der Waals surface area contributed by atoms with E-state index in [1.807, 2.05) is 11.0 Å². The van der Waals surface area contributed by atoms with E-state index in [1.54, 1.807) is 25.3 Å². The van der Waals surface area contributed by atoms with Crippen LogP contribution in [0.25, 0.3) is 22.2 Å². The summed E-state index contributed by atoms with van der Waals surface area (Å²) in [6.07, 6.45) is 11.4. The van der Waals surface area contributed by atoms with Crippen molar-refractivity contribution in [2.45, 2.75) is 88.4 Å². The van der Waals surface area contributed by atoms with Gasteiger partial charge in [-0.05, 0) is 100 Å². The van der Waals surface area contributed by atoms with E-state index in [-0.39, 0.29) is 28.9 Å². The molecule has 0 amide bonds. The minimum absolute atomic E-state index is 0.0521. The zero-order valence-electron chi connectivity index (χ0n) is 25.7. The summed E-state index contributed by atoms with van der Waals surface area (Å²) in [7, 11) is 1.45. The van der Waals surface area contributed by atoms with Gasteiger partial charge in [-0.2, -0.15) is 9.97 Å². The molecule has 44 heavy (non-hydrogen) atoms. The monoisotopic (exact) mass is 607 g/mol. The number of nitrogens with zero attached hydrogens (tertiary/aromatic N) is 5. The second-order valence-corrected chi connectivity index (χ2v) is 13.0. The number of β-amino-alcohol motifs (C(OH)–C–C–N with tert-alkyl or cyclic N) is 1. The number of hydrogen-bond donors (Lipinski definition) is 2. The molecule has 0 bridgehead atoms. The molecule has 2 N–H and O–H groups in total. The van der Waals surface area contributed by atoms with Crippen LogP contribution < -0.4 is 9.64 Å². The van der Waals surface area contributed by atoms with Gasteiger partial charge < -0.3 is 19.8 Å². The van der Waals surface area contributed by atoms with Crippen LogP contribution in [-0.2, 0) is 6.42 Å². The number of ether oxygens (including phenoxy) is 1. The van der Waals surface area contributed by atoms with Gasteiger partial charge in [0.05, 0.1) is 18.1 Å². The predicted molar refractivity (Wildman–Crippen MR) is 168 cm³/mol. The highest BCUT2D eigenvalue weighted by Gasteiger charge is 2.35. The van der Waals surface area contributed by atoms with Gasteiger partial charge in [0.2, 0.25) is 0 Å². The van der Waals surface area contributed by atoms with Gasteiger partial charge in [0.15, 0.2) is 5.82 Å². The van der Waals surface area contributed by atoms with Crippen LogP contribution >= 0.6 is 0 Å². The van der Waals surface area contributed by atoms with Crippen molar-refractivity contribution in [3.63, 3.8) is 0 Å². The van der Waals surface area contributed by atoms with Gasteiger partial charge in [-0.3, -0.25) is 9.88 Å². The number of rotatable bonds is 5. The van der Waals surface area contributed by atoms with Crippen LogP contribution in [0.4, 0.5) is 14.6 Å². The number of benzene rings is 1. The highest BCUT2D eigenvalue weighted by molar-refractivity contribution is 5.92. The maximum atomic E-state index is 16.2. The number of aliphatic hydroxyl groups is 1. The van der Waals surface area contributed by atoms with Crippen molar-refractivity contribution in [1.29, 1.82) is 0 Å². The van der Waals surface area contributed by atoms with Crippen molar-refractivity contribution in [3.8, 4) is 23.0 Å². The molecule has 1 aliphatic carbocycles. The highest BCUT2D eigenvalue weighted by atomic mass is 19.1. The van der Waals surface area contributed by atoms with Gasteiger partial charge in [-0.1, -0.05) is 6.08 Å². The third kappa shape index (κ3) is 6.11. The molecule has 2 aromatic heterocycles. The normalized spacial score (nSPS) is 26.6. The van der Waals surface area contributed by atoms with E-state index >= 15 is 4.39 Å². The molecule has 4 aliphatic rings. The van der Waals surface area contributed by atoms with Crippen molar-refractivity contribution in [1.82, 2.24) is 19.9 Å². The first-order valence-corrected chi connectivity index (χ1v) is 15.9. The lowest BCUT2D eigenvalue weighted by atomic mass is 9.77. The molecular formula is C34H43F2N5O3. The van der Waals surface area contributed by atoms with Crippen molar-refractivity contribution >= 4 is 16.7 Å². The summed E-state index contributed by atoms with van der Waals surface area (Å²) in [5.41, 5.74) is 2.03. The summed E-state index contributed by atoms with van der Waals surface area (Å²) >= 11 is 0. The number of anilines is 1. The highest BCUT2D eigenvalue weighted by Crippen LogP contribution is 2.44. The minimum Gasteiger partial charge on any atom is -0.508 e. The smallest absolute Gasteiger partial charge is 0.318 e. The summed E-state index contributed by atoms with van der Waals surface area (Å²) in [4.78, 5) is 17.6. The summed E-state index contributed by atoms with van der Waals surface area (Å²) < 4.78 is 34.1. The van der Waals surface area contributed by atoms with Crippen LogP contribution in [0.3, 0.4) is 0 Å². The van der Waals surface area contributed by atoms with Gasteiger partial charge in [0.25, 0.3) is 0 Å². The van der Waals surface area contributed by atoms with Crippen molar-refractivity contribution in [2.24, 2.45) is 0 Å².